The number of benzene rings is 1. The third-order valence-electron chi connectivity index (χ3n) is 4.82. The number of likely N-dealkylation sites (tertiary alicyclic amines) is 1. The van der Waals surface area contributed by atoms with Crippen LogP contribution in [0.2, 0.25) is 0 Å². The van der Waals surface area contributed by atoms with E-state index in [2.05, 4.69) is 22.5 Å². The first kappa shape index (κ1) is 17.5. The van der Waals surface area contributed by atoms with Gasteiger partial charge in [0.25, 0.3) is 0 Å². The minimum atomic E-state index is -0.142. The molecule has 1 fully saturated rings. The Morgan fingerprint density at radius 1 is 1.16 bits per heavy atom. The number of hydrogen-bond acceptors (Lipinski definition) is 2. The van der Waals surface area contributed by atoms with Crippen molar-refractivity contribution in [3.8, 4) is 5.69 Å². The zero-order valence-corrected chi connectivity index (χ0v) is 14.9. The fraction of sp³-hybridized carbons (Fsp3) is 0.450. The van der Waals surface area contributed by atoms with Crippen LogP contribution in [0, 0.1) is 5.92 Å². The number of anilines is 1. The Morgan fingerprint density at radius 2 is 1.92 bits per heavy atom. The lowest BCUT2D eigenvalue weighted by molar-refractivity contribution is 0.190. The van der Waals surface area contributed by atoms with Crippen molar-refractivity contribution >= 4 is 11.7 Å². The second-order valence-electron chi connectivity index (χ2n) is 6.90. The normalized spacial score (nSPS) is 15.9. The van der Waals surface area contributed by atoms with Crippen LogP contribution in [0.4, 0.5) is 10.5 Å². The number of amides is 2. The lowest BCUT2D eigenvalue weighted by Crippen LogP contribution is -2.36. The van der Waals surface area contributed by atoms with Gasteiger partial charge in [-0.05, 0) is 75.1 Å². The lowest BCUT2D eigenvalue weighted by Gasteiger charge is -2.30. The second-order valence-corrected chi connectivity index (χ2v) is 6.90. The molecular formula is C20H28N4O. The van der Waals surface area contributed by atoms with Crippen LogP contribution in [0.1, 0.15) is 26.2 Å². The van der Waals surface area contributed by atoms with Gasteiger partial charge in [0.05, 0.1) is 0 Å². The molecule has 0 atom stereocenters. The largest absolute Gasteiger partial charge is 0.338 e. The van der Waals surface area contributed by atoms with Gasteiger partial charge < -0.3 is 20.1 Å². The molecule has 3 rings (SSSR count). The summed E-state index contributed by atoms with van der Waals surface area (Å²) in [7, 11) is 0. The maximum atomic E-state index is 12.1. The number of nitrogens with zero attached hydrogens (tertiary/aromatic N) is 2. The number of aromatic nitrogens is 1. The number of carbonyl (C=O) groups excluding carboxylic acids is 1. The Labute approximate surface area is 150 Å². The van der Waals surface area contributed by atoms with Gasteiger partial charge in [0.1, 0.15) is 0 Å². The zero-order valence-electron chi connectivity index (χ0n) is 14.9. The number of carbonyl (C=O) groups is 1. The van der Waals surface area contributed by atoms with E-state index in [-0.39, 0.29) is 6.03 Å². The van der Waals surface area contributed by atoms with E-state index in [4.69, 9.17) is 0 Å². The van der Waals surface area contributed by atoms with E-state index in [0.717, 1.165) is 30.3 Å². The molecule has 2 N–H and O–H groups in total. The third-order valence-corrected chi connectivity index (χ3v) is 4.82. The van der Waals surface area contributed by atoms with E-state index >= 15 is 0 Å². The van der Waals surface area contributed by atoms with E-state index in [9.17, 15) is 4.79 Å². The van der Waals surface area contributed by atoms with E-state index in [1.807, 2.05) is 53.4 Å². The van der Waals surface area contributed by atoms with Crippen LogP contribution < -0.4 is 10.6 Å². The Bertz CT molecular complexity index is 660. The van der Waals surface area contributed by atoms with Crippen LogP contribution in [0.5, 0.6) is 0 Å². The van der Waals surface area contributed by atoms with Crippen molar-refractivity contribution in [2.45, 2.75) is 26.2 Å². The molecule has 1 aromatic carbocycles. The summed E-state index contributed by atoms with van der Waals surface area (Å²) in [6.07, 6.45) is 7.56. The monoisotopic (exact) mass is 340 g/mol. The van der Waals surface area contributed by atoms with E-state index < -0.39 is 0 Å². The molecule has 1 aromatic heterocycles. The minimum Gasteiger partial charge on any atom is -0.338 e. The molecule has 0 unspecified atom stereocenters. The first-order valence-electron chi connectivity index (χ1n) is 9.21. The summed E-state index contributed by atoms with van der Waals surface area (Å²) in [4.78, 5) is 14.6. The summed E-state index contributed by atoms with van der Waals surface area (Å²) in [5.74, 6) is 0.863. The van der Waals surface area contributed by atoms with Crippen LogP contribution >= 0.6 is 0 Å². The quantitative estimate of drug-likeness (QED) is 0.788. The van der Waals surface area contributed by atoms with E-state index in [1.54, 1.807) is 0 Å². The number of hydrogen-bond donors (Lipinski definition) is 2. The molecule has 1 saturated heterocycles. The first-order chi connectivity index (χ1) is 12.2. The summed E-state index contributed by atoms with van der Waals surface area (Å²) in [6.45, 7) is 6.49. The van der Waals surface area contributed by atoms with Gasteiger partial charge in [0.15, 0.2) is 0 Å². The van der Waals surface area contributed by atoms with Crippen molar-refractivity contribution in [1.29, 1.82) is 0 Å². The SMILES string of the molecule is CC1CCN(CCCNC(=O)Nc2cccc(-n3cccc3)c2)CC1. The Hall–Kier alpha value is -2.27. The molecule has 0 aliphatic carbocycles. The highest BCUT2D eigenvalue weighted by atomic mass is 16.2. The highest BCUT2D eigenvalue weighted by Gasteiger charge is 2.14. The average molecular weight is 340 g/mol. The topological polar surface area (TPSA) is 49.3 Å². The van der Waals surface area contributed by atoms with Crippen molar-refractivity contribution < 1.29 is 4.79 Å². The molecule has 2 heterocycles. The molecule has 0 radical (unpaired) electrons. The molecule has 2 aromatic rings. The molecule has 1 aliphatic rings. The van der Waals surface area contributed by atoms with Gasteiger partial charge in [-0.2, -0.15) is 0 Å². The average Bonchev–Trinajstić information content (AvgIpc) is 3.15. The van der Waals surface area contributed by atoms with Gasteiger partial charge in [-0.15, -0.1) is 0 Å². The van der Waals surface area contributed by atoms with Crippen molar-refractivity contribution in [2.75, 3.05) is 31.5 Å². The van der Waals surface area contributed by atoms with E-state index in [1.165, 1.54) is 25.9 Å². The smallest absolute Gasteiger partial charge is 0.319 e. The van der Waals surface area contributed by atoms with Gasteiger partial charge >= 0.3 is 6.03 Å². The Morgan fingerprint density at radius 3 is 2.68 bits per heavy atom. The first-order valence-corrected chi connectivity index (χ1v) is 9.21. The molecule has 1 aliphatic heterocycles. The molecule has 134 valence electrons. The van der Waals surface area contributed by atoms with Crippen LogP contribution in [-0.2, 0) is 0 Å². The van der Waals surface area contributed by atoms with Gasteiger partial charge in [-0.1, -0.05) is 13.0 Å². The van der Waals surface area contributed by atoms with Crippen molar-refractivity contribution in [2.24, 2.45) is 5.92 Å². The molecule has 0 bridgehead atoms. The van der Waals surface area contributed by atoms with Crippen molar-refractivity contribution in [3.63, 3.8) is 0 Å². The summed E-state index contributed by atoms with van der Waals surface area (Å²) in [6, 6.07) is 11.7. The molecule has 5 nitrogen and oxygen atoms in total. The maximum Gasteiger partial charge on any atom is 0.319 e. The fourth-order valence-corrected chi connectivity index (χ4v) is 3.22. The molecule has 25 heavy (non-hydrogen) atoms. The standard InChI is InChI=1S/C20H28N4O/c1-17-8-14-23(15-9-17)11-5-10-21-20(25)22-18-6-4-7-19(16-18)24-12-2-3-13-24/h2-4,6-7,12-13,16-17H,5,8-11,14-15H2,1H3,(H2,21,22,25). The van der Waals surface area contributed by atoms with Gasteiger partial charge in [0.2, 0.25) is 0 Å². The van der Waals surface area contributed by atoms with Gasteiger partial charge in [-0.3, -0.25) is 0 Å². The number of piperidine rings is 1. The Kier molecular flexibility index (Phi) is 6.12. The summed E-state index contributed by atoms with van der Waals surface area (Å²) >= 11 is 0. The van der Waals surface area contributed by atoms with Crippen LogP contribution in [0.3, 0.4) is 0 Å². The molecule has 0 spiro atoms. The van der Waals surface area contributed by atoms with Crippen molar-refractivity contribution in [3.05, 3.63) is 48.8 Å². The summed E-state index contributed by atoms with van der Waals surface area (Å²) < 4.78 is 2.02. The second kappa shape index (κ2) is 8.72. The van der Waals surface area contributed by atoms with Crippen LogP contribution in [0.25, 0.3) is 5.69 Å². The number of rotatable bonds is 6. The van der Waals surface area contributed by atoms with Gasteiger partial charge in [-0.25, -0.2) is 4.79 Å². The van der Waals surface area contributed by atoms with Crippen LogP contribution in [-0.4, -0.2) is 41.7 Å². The van der Waals surface area contributed by atoms with Crippen molar-refractivity contribution in [1.82, 2.24) is 14.8 Å². The molecular weight excluding hydrogens is 312 g/mol. The predicted molar refractivity (Wildman–Crippen MR) is 102 cm³/mol. The summed E-state index contributed by atoms with van der Waals surface area (Å²) in [5, 5.41) is 5.86. The molecule has 5 heteroatoms. The maximum absolute atomic E-state index is 12.1. The molecule has 0 saturated carbocycles. The number of urea groups is 1. The predicted octanol–water partition coefficient (Wildman–Crippen LogP) is 3.72. The van der Waals surface area contributed by atoms with Gasteiger partial charge in [0, 0.05) is 30.3 Å². The lowest BCUT2D eigenvalue weighted by atomic mass is 9.99. The third kappa shape index (κ3) is 5.36. The Balaban J connectivity index is 1.39. The zero-order chi connectivity index (χ0) is 17.5. The summed E-state index contributed by atoms with van der Waals surface area (Å²) in [5.41, 5.74) is 1.83. The highest BCUT2D eigenvalue weighted by molar-refractivity contribution is 5.89. The van der Waals surface area contributed by atoms with Crippen LogP contribution in [0.15, 0.2) is 48.8 Å². The highest BCUT2D eigenvalue weighted by Crippen LogP contribution is 2.16. The molecule has 2 amide bonds. The van der Waals surface area contributed by atoms with E-state index in [0.29, 0.717) is 6.54 Å². The minimum absolute atomic E-state index is 0.142. The fourth-order valence-electron chi connectivity index (χ4n) is 3.22. The number of nitrogens with one attached hydrogen (secondary N) is 2.